The van der Waals surface area contributed by atoms with E-state index in [4.69, 9.17) is 5.84 Å². The summed E-state index contributed by atoms with van der Waals surface area (Å²) in [5.41, 5.74) is 0.938. The lowest BCUT2D eigenvalue weighted by molar-refractivity contribution is 1.22. The van der Waals surface area contributed by atoms with Gasteiger partial charge in [-0.3, -0.25) is 0 Å². The van der Waals surface area contributed by atoms with Crippen LogP contribution in [0.5, 0.6) is 0 Å². The van der Waals surface area contributed by atoms with Crippen LogP contribution < -0.4 is 5.84 Å². The third-order valence-corrected chi connectivity index (χ3v) is 1.03. The Morgan fingerprint density at radius 3 is 2.75 bits per heavy atom. The first-order valence-corrected chi connectivity index (χ1v) is 2.53. The minimum atomic E-state index is 0.868. The maximum atomic E-state index is 5.01. The predicted octanol–water partition coefficient (Wildman–Crippen LogP) is 0.817. The number of nitrogens with zero attached hydrogens (tertiary/aromatic N) is 1. The van der Waals surface area contributed by atoms with Crippen molar-refractivity contribution in [3.05, 3.63) is 24.3 Å². The van der Waals surface area contributed by atoms with Crippen LogP contribution in [0.25, 0.3) is 0 Å². The number of rotatable bonds is 0. The fraction of sp³-hybridized carbons (Fsp3) is 0.167. The van der Waals surface area contributed by atoms with Crippen molar-refractivity contribution < 1.29 is 0 Å². The fourth-order valence-electron chi connectivity index (χ4n) is 0.598. The molecule has 8 heavy (non-hydrogen) atoms. The van der Waals surface area contributed by atoms with Crippen LogP contribution in [0.4, 0.5) is 0 Å². The van der Waals surface area contributed by atoms with Crippen molar-refractivity contribution in [2.75, 3.05) is 0 Å². The minimum Gasteiger partial charge on any atom is -0.323 e. The molecule has 2 heteroatoms. The number of hydrogen-bond acceptors (Lipinski definition) is 2. The van der Waals surface area contributed by atoms with Gasteiger partial charge < -0.3 is 5.84 Å². The van der Waals surface area contributed by atoms with E-state index in [0.29, 0.717) is 0 Å². The van der Waals surface area contributed by atoms with Gasteiger partial charge in [0.1, 0.15) is 0 Å². The van der Waals surface area contributed by atoms with Crippen LogP contribution in [-0.2, 0) is 0 Å². The second-order valence-electron chi connectivity index (χ2n) is 1.61. The van der Waals surface area contributed by atoms with E-state index in [-0.39, 0.29) is 0 Å². The first-order valence-electron chi connectivity index (χ1n) is 2.53. The molecule has 42 valence electrons. The van der Waals surface area contributed by atoms with E-state index in [1.165, 1.54) is 0 Å². The van der Waals surface area contributed by atoms with Gasteiger partial charge in [0.15, 0.2) is 0 Å². The van der Waals surface area contributed by atoms with Crippen LogP contribution in [0.1, 0.15) is 6.42 Å². The van der Waals surface area contributed by atoms with Crippen molar-refractivity contribution in [2.45, 2.75) is 6.42 Å². The Bertz CT molecular complexity index is 154. The summed E-state index contributed by atoms with van der Waals surface area (Å²) < 4.78 is 0. The topological polar surface area (TPSA) is 38.4 Å². The van der Waals surface area contributed by atoms with Gasteiger partial charge in [-0.15, -0.1) is 0 Å². The Balaban J connectivity index is 2.66. The smallest absolute Gasteiger partial charge is 0.0638 e. The van der Waals surface area contributed by atoms with Gasteiger partial charge in [0, 0.05) is 6.42 Å². The molecule has 0 spiro atoms. The second-order valence-corrected chi connectivity index (χ2v) is 1.61. The SMILES string of the molecule is NN=C1C=CC=CC1. The zero-order valence-electron chi connectivity index (χ0n) is 4.54. The van der Waals surface area contributed by atoms with Crippen molar-refractivity contribution in [2.24, 2.45) is 10.9 Å². The predicted molar refractivity (Wildman–Crippen MR) is 34.5 cm³/mol. The third-order valence-electron chi connectivity index (χ3n) is 1.03. The molecule has 0 unspecified atom stereocenters. The van der Waals surface area contributed by atoms with Gasteiger partial charge in [-0.25, -0.2) is 0 Å². The van der Waals surface area contributed by atoms with Crippen LogP contribution in [-0.4, -0.2) is 5.71 Å². The molecule has 0 amide bonds. The highest BCUT2D eigenvalue weighted by molar-refractivity contribution is 5.96. The van der Waals surface area contributed by atoms with Crippen molar-refractivity contribution in [3.63, 3.8) is 0 Å². The Morgan fingerprint density at radius 1 is 1.50 bits per heavy atom. The van der Waals surface area contributed by atoms with E-state index >= 15 is 0 Å². The zero-order valence-corrected chi connectivity index (χ0v) is 4.54. The molecule has 0 saturated carbocycles. The van der Waals surface area contributed by atoms with Gasteiger partial charge >= 0.3 is 0 Å². The molecule has 0 aliphatic heterocycles. The standard InChI is InChI=1S/C6H8N2/c7-8-6-4-2-1-3-5-6/h1-4H,5,7H2. The molecule has 0 saturated heterocycles. The minimum absolute atomic E-state index is 0.868. The summed E-state index contributed by atoms with van der Waals surface area (Å²) in [6.45, 7) is 0. The molecule has 0 atom stereocenters. The van der Waals surface area contributed by atoms with Crippen LogP contribution in [0.15, 0.2) is 29.4 Å². The summed E-state index contributed by atoms with van der Waals surface area (Å²) in [5, 5.41) is 3.53. The van der Waals surface area contributed by atoms with E-state index < -0.39 is 0 Å². The van der Waals surface area contributed by atoms with Crippen molar-refractivity contribution in [1.29, 1.82) is 0 Å². The van der Waals surface area contributed by atoms with Crippen LogP contribution in [0.2, 0.25) is 0 Å². The molecule has 0 aromatic heterocycles. The van der Waals surface area contributed by atoms with Gasteiger partial charge in [0.25, 0.3) is 0 Å². The summed E-state index contributed by atoms with van der Waals surface area (Å²) in [7, 11) is 0. The molecule has 0 fully saturated rings. The van der Waals surface area contributed by atoms with Crippen molar-refractivity contribution >= 4 is 5.71 Å². The Labute approximate surface area is 48.4 Å². The number of allylic oxidation sites excluding steroid dienone is 4. The first-order chi connectivity index (χ1) is 3.93. The molecule has 0 aromatic rings. The van der Waals surface area contributed by atoms with Gasteiger partial charge in [-0.1, -0.05) is 18.2 Å². The summed E-state index contributed by atoms with van der Waals surface area (Å²) in [6.07, 6.45) is 8.70. The van der Waals surface area contributed by atoms with Crippen LogP contribution in [0.3, 0.4) is 0 Å². The maximum Gasteiger partial charge on any atom is 0.0638 e. The quantitative estimate of drug-likeness (QED) is 0.362. The largest absolute Gasteiger partial charge is 0.323 e. The molecule has 0 radical (unpaired) electrons. The highest BCUT2D eigenvalue weighted by atomic mass is 15.1. The molecule has 2 N–H and O–H groups in total. The van der Waals surface area contributed by atoms with Gasteiger partial charge in [0.05, 0.1) is 5.71 Å². The van der Waals surface area contributed by atoms with E-state index in [2.05, 4.69) is 5.10 Å². The van der Waals surface area contributed by atoms with E-state index in [1.807, 2.05) is 24.3 Å². The summed E-state index contributed by atoms with van der Waals surface area (Å²) in [6, 6.07) is 0. The third kappa shape index (κ3) is 0.964. The Kier molecular flexibility index (Phi) is 1.47. The van der Waals surface area contributed by atoms with Gasteiger partial charge in [-0.2, -0.15) is 5.10 Å². The molecule has 1 aliphatic rings. The molecular weight excluding hydrogens is 100 g/mol. The highest BCUT2D eigenvalue weighted by Crippen LogP contribution is 1.96. The van der Waals surface area contributed by atoms with E-state index in [9.17, 15) is 0 Å². The molecule has 1 rings (SSSR count). The van der Waals surface area contributed by atoms with E-state index in [0.717, 1.165) is 12.1 Å². The molecule has 0 heterocycles. The summed E-state index contributed by atoms with van der Waals surface area (Å²) in [4.78, 5) is 0. The molecule has 0 bridgehead atoms. The molecule has 2 nitrogen and oxygen atoms in total. The average Bonchev–Trinajstić information content (AvgIpc) is 1.90. The second kappa shape index (κ2) is 2.31. The lowest BCUT2D eigenvalue weighted by Crippen LogP contribution is -1.97. The number of hydrogen-bond donors (Lipinski definition) is 1. The Morgan fingerprint density at radius 2 is 2.38 bits per heavy atom. The normalized spacial score (nSPS) is 22.2. The number of nitrogens with two attached hydrogens (primary N) is 1. The molecular formula is C6H8N2. The fourth-order valence-corrected chi connectivity index (χ4v) is 0.598. The molecule has 0 aromatic carbocycles. The van der Waals surface area contributed by atoms with Crippen LogP contribution in [0, 0.1) is 0 Å². The summed E-state index contributed by atoms with van der Waals surface area (Å²) >= 11 is 0. The average molecular weight is 108 g/mol. The Hall–Kier alpha value is -1.05. The number of hydrazone groups is 1. The van der Waals surface area contributed by atoms with Crippen molar-refractivity contribution in [3.8, 4) is 0 Å². The lowest BCUT2D eigenvalue weighted by Gasteiger charge is -1.95. The lowest BCUT2D eigenvalue weighted by atomic mass is 10.2. The van der Waals surface area contributed by atoms with E-state index in [1.54, 1.807) is 0 Å². The van der Waals surface area contributed by atoms with Crippen molar-refractivity contribution in [1.82, 2.24) is 0 Å². The monoisotopic (exact) mass is 108 g/mol. The van der Waals surface area contributed by atoms with Gasteiger partial charge in [0.2, 0.25) is 0 Å². The van der Waals surface area contributed by atoms with Gasteiger partial charge in [-0.05, 0) is 6.08 Å². The van der Waals surface area contributed by atoms with Crippen LogP contribution >= 0.6 is 0 Å². The maximum absolute atomic E-state index is 5.01. The zero-order chi connectivity index (χ0) is 5.82. The summed E-state index contributed by atoms with van der Waals surface area (Å²) in [5.74, 6) is 5.01. The highest BCUT2D eigenvalue weighted by Gasteiger charge is 1.90. The first kappa shape index (κ1) is 5.09. The molecule has 1 aliphatic carbocycles.